The number of aromatic nitrogens is 2. The molecule has 0 saturated carbocycles. The van der Waals surface area contributed by atoms with Gasteiger partial charge in [0.05, 0.1) is 17.1 Å². The van der Waals surface area contributed by atoms with Crippen molar-refractivity contribution < 1.29 is 14.4 Å². The lowest BCUT2D eigenvalue weighted by Crippen LogP contribution is -2.34. The second-order valence-corrected chi connectivity index (χ2v) is 12.9. The van der Waals surface area contributed by atoms with Gasteiger partial charge in [0.15, 0.2) is 0 Å². The summed E-state index contributed by atoms with van der Waals surface area (Å²) in [5, 5.41) is 15.0. The molecule has 0 aliphatic carbocycles. The monoisotopic (exact) mass is 329 g/mol. The Morgan fingerprint density at radius 1 is 1.36 bits per heavy atom. The van der Waals surface area contributed by atoms with Crippen LogP contribution in [0.3, 0.4) is 0 Å². The van der Waals surface area contributed by atoms with E-state index in [0.717, 1.165) is 6.04 Å². The van der Waals surface area contributed by atoms with Crippen LogP contribution in [-0.2, 0) is 15.0 Å². The van der Waals surface area contributed by atoms with E-state index in [-0.39, 0.29) is 12.5 Å². The molecule has 0 N–H and O–H groups in total. The first-order chi connectivity index (χ1) is 10.0. The lowest BCUT2D eigenvalue weighted by Gasteiger charge is -2.26. The Hall–Kier alpha value is -1.25. The van der Waals surface area contributed by atoms with E-state index in [1.807, 2.05) is 13.8 Å². The van der Waals surface area contributed by atoms with Gasteiger partial charge in [-0.3, -0.25) is 14.8 Å². The maximum atomic E-state index is 10.9. The van der Waals surface area contributed by atoms with Crippen LogP contribution in [0.2, 0.25) is 25.7 Å². The lowest BCUT2D eigenvalue weighted by atomic mass is 10.1. The van der Waals surface area contributed by atoms with Crippen LogP contribution in [0.5, 0.6) is 0 Å². The van der Waals surface area contributed by atoms with Gasteiger partial charge in [-0.1, -0.05) is 19.6 Å². The van der Waals surface area contributed by atoms with Gasteiger partial charge in [-0.05, 0) is 26.8 Å². The fraction of sp³-hybridized carbons (Fsp3) is 0.786. The Morgan fingerprint density at radius 3 is 2.50 bits per heavy atom. The van der Waals surface area contributed by atoms with Crippen LogP contribution in [0.1, 0.15) is 19.5 Å². The van der Waals surface area contributed by atoms with Gasteiger partial charge >= 0.3 is 5.69 Å². The summed E-state index contributed by atoms with van der Waals surface area (Å²) in [6.07, 6.45) is 1.28. The quantitative estimate of drug-likeness (QED) is 0.228. The minimum atomic E-state index is -1.08. The van der Waals surface area contributed by atoms with Crippen LogP contribution in [0.15, 0.2) is 6.20 Å². The topological polar surface area (TPSA) is 79.4 Å². The number of hydrogen-bond acceptors (Lipinski definition) is 5. The van der Waals surface area contributed by atoms with Crippen molar-refractivity contribution in [2.45, 2.75) is 52.0 Å². The second-order valence-electron chi connectivity index (χ2n) is 7.28. The summed E-state index contributed by atoms with van der Waals surface area (Å²) in [5.74, 6) is 0. The van der Waals surface area contributed by atoms with Crippen molar-refractivity contribution in [3.8, 4) is 0 Å². The fourth-order valence-corrected chi connectivity index (χ4v) is 2.80. The average molecular weight is 329 g/mol. The predicted octanol–water partition coefficient (Wildman–Crippen LogP) is 3.16. The first-order valence-corrected chi connectivity index (χ1v) is 11.1. The van der Waals surface area contributed by atoms with Crippen LogP contribution >= 0.6 is 0 Å². The van der Waals surface area contributed by atoms with Crippen molar-refractivity contribution >= 4 is 13.8 Å². The Morgan fingerprint density at radius 2 is 2.00 bits per heavy atom. The Bertz CT molecular complexity index is 509. The Kier molecular flexibility index (Phi) is 6.27. The van der Waals surface area contributed by atoms with Gasteiger partial charge in [-0.2, -0.15) is 5.10 Å². The number of nitro groups is 1. The van der Waals surface area contributed by atoms with E-state index in [4.69, 9.17) is 9.47 Å². The molecule has 0 unspecified atom stereocenters. The largest absolute Gasteiger partial charge is 0.356 e. The molecule has 1 rings (SSSR count). The van der Waals surface area contributed by atoms with Gasteiger partial charge in [0.2, 0.25) is 0 Å². The van der Waals surface area contributed by atoms with Crippen LogP contribution in [-0.4, -0.2) is 42.8 Å². The number of rotatable bonds is 9. The first kappa shape index (κ1) is 18.8. The molecule has 22 heavy (non-hydrogen) atoms. The minimum absolute atomic E-state index is 0.0273. The van der Waals surface area contributed by atoms with Crippen molar-refractivity contribution in [1.82, 2.24) is 9.78 Å². The molecule has 0 atom stereocenters. The van der Waals surface area contributed by atoms with Gasteiger partial charge in [-0.25, -0.2) is 0 Å². The summed E-state index contributed by atoms with van der Waals surface area (Å²) in [6.45, 7) is 13.8. The SMILES string of the molecule is Cc1c([N+](=O)[O-])cnn1C(C)(C)COCOCC[Si](C)(C)C. The Balaban J connectivity index is 2.46. The van der Waals surface area contributed by atoms with Crippen molar-refractivity contribution in [2.75, 3.05) is 20.0 Å². The molecule has 126 valence electrons. The highest BCUT2D eigenvalue weighted by atomic mass is 28.3. The van der Waals surface area contributed by atoms with E-state index in [2.05, 4.69) is 24.7 Å². The van der Waals surface area contributed by atoms with Crippen molar-refractivity contribution in [3.63, 3.8) is 0 Å². The van der Waals surface area contributed by atoms with E-state index in [1.165, 1.54) is 6.20 Å². The van der Waals surface area contributed by atoms with Gasteiger partial charge in [-0.15, -0.1) is 0 Å². The molecule has 0 saturated heterocycles. The molecule has 0 aliphatic rings. The molecule has 8 heteroatoms. The molecule has 0 fully saturated rings. The second kappa shape index (κ2) is 7.34. The summed E-state index contributed by atoms with van der Waals surface area (Å²) in [5.41, 5.74) is 0.0817. The molecular weight excluding hydrogens is 302 g/mol. The zero-order chi connectivity index (χ0) is 17.0. The summed E-state index contributed by atoms with van der Waals surface area (Å²) >= 11 is 0. The third kappa shape index (κ3) is 5.51. The molecule has 1 heterocycles. The minimum Gasteiger partial charge on any atom is -0.356 e. The van der Waals surface area contributed by atoms with Crippen molar-refractivity contribution in [1.29, 1.82) is 0 Å². The molecule has 0 amide bonds. The molecular formula is C14H27N3O4Si. The van der Waals surface area contributed by atoms with E-state index < -0.39 is 18.5 Å². The normalized spacial score (nSPS) is 12.6. The summed E-state index contributed by atoms with van der Waals surface area (Å²) in [7, 11) is -1.08. The summed E-state index contributed by atoms with van der Waals surface area (Å²) in [4.78, 5) is 10.5. The van der Waals surface area contributed by atoms with Crippen LogP contribution in [0, 0.1) is 17.0 Å². The summed E-state index contributed by atoms with van der Waals surface area (Å²) < 4.78 is 12.7. The van der Waals surface area contributed by atoms with E-state index >= 15 is 0 Å². The lowest BCUT2D eigenvalue weighted by molar-refractivity contribution is -0.385. The average Bonchev–Trinajstić information content (AvgIpc) is 2.75. The Labute approximate surface area is 132 Å². The van der Waals surface area contributed by atoms with Crippen LogP contribution < -0.4 is 0 Å². The highest BCUT2D eigenvalue weighted by Crippen LogP contribution is 2.24. The maximum Gasteiger partial charge on any atom is 0.309 e. The molecule has 0 aliphatic heterocycles. The van der Waals surface area contributed by atoms with Gasteiger partial charge < -0.3 is 9.47 Å². The van der Waals surface area contributed by atoms with Crippen LogP contribution in [0.25, 0.3) is 0 Å². The van der Waals surface area contributed by atoms with Gasteiger partial charge in [0, 0.05) is 14.7 Å². The molecule has 0 bridgehead atoms. The molecule has 7 nitrogen and oxygen atoms in total. The van der Waals surface area contributed by atoms with E-state index in [0.29, 0.717) is 18.9 Å². The molecule has 0 radical (unpaired) electrons. The number of nitrogens with zero attached hydrogens (tertiary/aromatic N) is 3. The smallest absolute Gasteiger partial charge is 0.309 e. The third-order valence-electron chi connectivity index (χ3n) is 3.37. The molecule has 1 aromatic rings. The third-order valence-corrected chi connectivity index (χ3v) is 5.08. The van der Waals surface area contributed by atoms with E-state index in [9.17, 15) is 10.1 Å². The van der Waals surface area contributed by atoms with Gasteiger partial charge in [0.25, 0.3) is 0 Å². The molecule has 1 aromatic heterocycles. The first-order valence-electron chi connectivity index (χ1n) is 7.39. The summed E-state index contributed by atoms with van der Waals surface area (Å²) in [6, 6.07) is 1.10. The number of hydrogen-bond donors (Lipinski definition) is 0. The molecule has 0 aromatic carbocycles. The van der Waals surface area contributed by atoms with Crippen molar-refractivity contribution in [3.05, 3.63) is 22.0 Å². The fourth-order valence-electron chi connectivity index (χ4n) is 2.04. The maximum absolute atomic E-state index is 10.9. The highest BCUT2D eigenvalue weighted by Gasteiger charge is 2.28. The number of ether oxygens (including phenoxy) is 2. The predicted molar refractivity (Wildman–Crippen MR) is 87.9 cm³/mol. The zero-order valence-electron chi connectivity index (χ0n) is 14.4. The van der Waals surface area contributed by atoms with Crippen molar-refractivity contribution in [2.24, 2.45) is 0 Å². The molecule has 0 spiro atoms. The zero-order valence-corrected chi connectivity index (χ0v) is 15.4. The highest BCUT2D eigenvalue weighted by molar-refractivity contribution is 6.76. The standard InChI is InChI=1S/C14H27N3O4Si/c1-12-13(17(18)19)9-15-16(12)14(2,3)10-21-11-20-7-8-22(4,5)6/h9H,7-8,10-11H2,1-6H3. The van der Waals surface area contributed by atoms with Crippen LogP contribution in [0.4, 0.5) is 5.69 Å². The van der Waals surface area contributed by atoms with E-state index in [1.54, 1.807) is 11.6 Å². The van der Waals surface area contributed by atoms with Gasteiger partial charge in [0.1, 0.15) is 18.7 Å².